The summed E-state index contributed by atoms with van der Waals surface area (Å²) in [4.78, 5) is 4.53. The first-order valence-electron chi connectivity index (χ1n) is 9.75. The maximum atomic E-state index is 10.7. The zero-order valence-corrected chi connectivity index (χ0v) is 14.8. The number of rotatable bonds is 2. The van der Waals surface area contributed by atoms with E-state index in [2.05, 4.69) is 33.1 Å². The zero-order valence-electron chi connectivity index (χ0n) is 14.8. The highest BCUT2D eigenvalue weighted by molar-refractivity contribution is 5.74. The summed E-state index contributed by atoms with van der Waals surface area (Å²) in [7, 11) is 0. The molecule has 3 aliphatic rings. The summed E-state index contributed by atoms with van der Waals surface area (Å²) >= 11 is 0. The SMILES string of the molecule is O[C@H]1CCC[C@@H]2N[C@@H](Nc3nc4ccccc4o3)N[C@]3(C=CCCC3)[C@H]21. The van der Waals surface area contributed by atoms with Crippen molar-refractivity contribution in [2.75, 3.05) is 5.32 Å². The van der Waals surface area contributed by atoms with Crippen LogP contribution in [0.25, 0.3) is 11.1 Å². The monoisotopic (exact) mass is 354 g/mol. The van der Waals surface area contributed by atoms with Gasteiger partial charge in [0, 0.05) is 17.5 Å². The Balaban J connectivity index is 1.43. The molecule has 0 unspecified atom stereocenters. The van der Waals surface area contributed by atoms with Crippen molar-refractivity contribution in [2.24, 2.45) is 5.92 Å². The van der Waals surface area contributed by atoms with Crippen molar-refractivity contribution in [3.8, 4) is 0 Å². The van der Waals surface area contributed by atoms with Gasteiger partial charge in [0.2, 0.25) is 0 Å². The second kappa shape index (κ2) is 6.37. The van der Waals surface area contributed by atoms with Crippen molar-refractivity contribution in [2.45, 2.75) is 62.5 Å². The molecule has 5 rings (SSSR count). The molecular weight excluding hydrogens is 328 g/mol. The van der Waals surface area contributed by atoms with Crippen molar-refractivity contribution in [3.63, 3.8) is 0 Å². The van der Waals surface area contributed by atoms with Crippen molar-refractivity contribution in [1.82, 2.24) is 15.6 Å². The average molecular weight is 354 g/mol. The molecule has 26 heavy (non-hydrogen) atoms. The third-order valence-electron chi connectivity index (χ3n) is 6.19. The third-order valence-corrected chi connectivity index (χ3v) is 6.19. The first kappa shape index (κ1) is 16.3. The summed E-state index contributed by atoms with van der Waals surface area (Å²) in [5.74, 6) is 0.203. The van der Waals surface area contributed by atoms with Crippen LogP contribution in [0.4, 0.5) is 6.01 Å². The van der Waals surface area contributed by atoms with Gasteiger partial charge in [-0.25, -0.2) is 0 Å². The van der Waals surface area contributed by atoms with Crippen molar-refractivity contribution >= 4 is 17.1 Å². The van der Waals surface area contributed by atoms with Gasteiger partial charge < -0.3 is 14.8 Å². The number of fused-ring (bicyclic) bond motifs is 3. The van der Waals surface area contributed by atoms with E-state index in [1.807, 2.05) is 24.3 Å². The van der Waals surface area contributed by atoms with Crippen LogP contribution in [0.1, 0.15) is 38.5 Å². The summed E-state index contributed by atoms with van der Waals surface area (Å²) in [6.07, 6.45) is 10.5. The highest BCUT2D eigenvalue weighted by Gasteiger charge is 2.51. The molecule has 1 aromatic carbocycles. The molecule has 2 aliphatic carbocycles. The molecule has 1 aromatic heterocycles. The largest absolute Gasteiger partial charge is 0.424 e. The summed E-state index contributed by atoms with van der Waals surface area (Å²) < 4.78 is 5.83. The van der Waals surface area contributed by atoms with E-state index < -0.39 is 0 Å². The number of nitrogens with one attached hydrogen (secondary N) is 3. The fourth-order valence-electron chi connectivity index (χ4n) is 5.11. The maximum Gasteiger partial charge on any atom is 0.297 e. The van der Waals surface area contributed by atoms with Gasteiger partial charge in [-0.1, -0.05) is 24.3 Å². The van der Waals surface area contributed by atoms with Crippen LogP contribution in [-0.2, 0) is 0 Å². The molecule has 1 aliphatic heterocycles. The first-order valence-corrected chi connectivity index (χ1v) is 9.75. The Bertz CT molecular complexity index is 786. The summed E-state index contributed by atoms with van der Waals surface area (Å²) in [6, 6.07) is 8.58. The van der Waals surface area contributed by atoms with E-state index in [0.29, 0.717) is 6.01 Å². The summed E-state index contributed by atoms with van der Waals surface area (Å²) in [5.41, 5.74) is 1.46. The number of benzene rings is 1. The van der Waals surface area contributed by atoms with Gasteiger partial charge in [0.15, 0.2) is 5.58 Å². The van der Waals surface area contributed by atoms with Crippen molar-refractivity contribution < 1.29 is 9.52 Å². The zero-order chi connectivity index (χ0) is 17.6. The van der Waals surface area contributed by atoms with Crippen LogP contribution in [0.15, 0.2) is 40.8 Å². The molecule has 0 bridgehead atoms. The normalized spacial score (nSPS) is 37.0. The van der Waals surface area contributed by atoms with Crippen LogP contribution in [-0.4, -0.2) is 34.1 Å². The van der Waals surface area contributed by atoms with Crippen molar-refractivity contribution in [3.05, 3.63) is 36.4 Å². The standard InChI is InChI=1S/C20H26N4O2/c25-15-9-6-8-14-17(15)20(11-4-1-5-12-20)24-18(21-14)23-19-22-13-7-2-3-10-16(13)26-19/h2-4,7,10-11,14-15,17-18,21,24-25H,1,5-6,8-9,12H2,(H,22,23)/t14-,15-,17+,18-,20-/m0/s1. The molecule has 0 radical (unpaired) electrons. The predicted molar refractivity (Wildman–Crippen MR) is 101 cm³/mol. The van der Waals surface area contributed by atoms with Gasteiger partial charge >= 0.3 is 0 Å². The number of allylic oxidation sites excluding steroid dienone is 1. The minimum absolute atomic E-state index is 0.141. The minimum atomic E-state index is -0.262. The van der Waals surface area contributed by atoms with Gasteiger partial charge in [0.05, 0.1) is 6.10 Å². The predicted octanol–water partition coefficient (Wildman–Crippen LogP) is 2.72. The maximum absolute atomic E-state index is 10.7. The highest BCUT2D eigenvalue weighted by Crippen LogP contribution is 2.41. The van der Waals surface area contributed by atoms with E-state index in [4.69, 9.17) is 4.42 Å². The fourth-order valence-corrected chi connectivity index (χ4v) is 5.11. The number of oxazole rings is 1. The number of hydrogen-bond acceptors (Lipinski definition) is 6. The number of aliphatic hydroxyl groups excluding tert-OH is 1. The van der Waals surface area contributed by atoms with Crippen LogP contribution < -0.4 is 16.0 Å². The lowest BCUT2D eigenvalue weighted by atomic mass is 9.65. The Morgan fingerprint density at radius 3 is 3.00 bits per heavy atom. The number of aliphatic hydroxyl groups is 1. The molecule has 2 fully saturated rings. The third kappa shape index (κ3) is 2.73. The van der Waals surface area contributed by atoms with E-state index in [-0.39, 0.29) is 29.9 Å². The van der Waals surface area contributed by atoms with Crippen LogP contribution >= 0.6 is 0 Å². The molecule has 1 saturated heterocycles. The lowest BCUT2D eigenvalue weighted by Gasteiger charge is -2.55. The molecule has 4 N–H and O–H groups in total. The topological polar surface area (TPSA) is 82.3 Å². The number of aromatic nitrogens is 1. The minimum Gasteiger partial charge on any atom is -0.424 e. The molecule has 2 aromatic rings. The van der Waals surface area contributed by atoms with E-state index in [1.54, 1.807) is 0 Å². The summed E-state index contributed by atoms with van der Waals surface area (Å²) in [6.45, 7) is 0. The van der Waals surface area contributed by atoms with Crippen LogP contribution in [0, 0.1) is 5.92 Å². The molecule has 6 nitrogen and oxygen atoms in total. The lowest BCUT2D eigenvalue weighted by molar-refractivity contribution is -0.0300. The molecule has 1 saturated carbocycles. The number of nitrogens with zero attached hydrogens (tertiary/aromatic N) is 1. The van der Waals surface area contributed by atoms with Gasteiger partial charge in [-0.3, -0.25) is 10.6 Å². The molecular formula is C20H26N4O2. The van der Waals surface area contributed by atoms with Crippen molar-refractivity contribution in [1.29, 1.82) is 0 Å². The quantitative estimate of drug-likeness (QED) is 0.621. The smallest absolute Gasteiger partial charge is 0.297 e. The fraction of sp³-hybridized carbons (Fsp3) is 0.550. The molecule has 1 spiro atoms. The average Bonchev–Trinajstić information content (AvgIpc) is 3.04. The van der Waals surface area contributed by atoms with E-state index in [0.717, 1.165) is 49.6 Å². The molecule has 0 amide bonds. The molecule has 138 valence electrons. The number of hydrogen-bond donors (Lipinski definition) is 4. The summed E-state index contributed by atoms with van der Waals surface area (Å²) in [5, 5.41) is 21.5. The lowest BCUT2D eigenvalue weighted by Crippen LogP contribution is -2.74. The van der Waals surface area contributed by atoms with Crippen LogP contribution in [0.5, 0.6) is 0 Å². The van der Waals surface area contributed by atoms with Gasteiger partial charge in [-0.2, -0.15) is 4.98 Å². The van der Waals surface area contributed by atoms with Crippen LogP contribution in [0.3, 0.4) is 0 Å². The Kier molecular flexibility index (Phi) is 3.99. The van der Waals surface area contributed by atoms with E-state index in [1.165, 1.54) is 0 Å². The Morgan fingerprint density at radius 2 is 2.15 bits per heavy atom. The van der Waals surface area contributed by atoms with E-state index >= 15 is 0 Å². The number of anilines is 1. The van der Waals surface area contributed by atoms with E-state index in [9.17, 15) is 5.11 Å². The Morgan fingerprint density at radius 1 is 1.23 bits per heavy atom. The molecule has 6 heteroatoms. The van der Waals surface area contributed by atoms with Gasteiger partial charge in [-0.05, 0) is 50.7 Å². The molecule has 5 atom stereocenters. The van der Waals surface area contributed by atoms with Crippen LogP contribution in [0.2, 0.25) is 0 Å². The van der Waals surface area contributed by atoms with Gasteiger partial charge in [0.1, 0.15) is 11.8 Å². The first-order chi connectivity index (χ1) is 12.7. The highest BCUT2D eigenvalue weighted by atomic mass is 16.4. The Labute approximate surface area is 153 Å². The molecule has 2 heterocycles. The Hall–Kier alpha value is -1.89. The second-order valence-corrected chi connectivity index (χ2v) is 7.84. The van der Waals surface area contributed by atoms with Gasteiger partial charge in [0.25, 0.3) is 6.01 Å². The second-order valence-electron chi connectivity index (χ2n) is 7.84. The van der Waals surface area contributed by atoms with Gasteiger partial charge in [-0.15, -0.1) is 0 Å². The number of para-hydroxylation sites is 2.